The zero-order valence-electron chi connectivity index (χ0n) is 15.5. The third-order valence-corrected chi connectivity index (χ3v) is 4.96. The number of hydrogen-bond acceptors (Lipinski definition) is 5. The number of nitrogens with two attached hydrogens (primary N) is 1. The maximum atomic E-state index is 11.3. The van der Waals surface area contributed by atoms with E-state index in [4.69, 9.17) is 10.5 Å². The van der Waals surface area contributed by atoms with Gasteiger partial charge in [0.25, 0.3) is 0 Å². The number of aliphatic carboxylic acids is 1. The van der Waals surface area contributed by atoms with E-state index in [1.807, 2.05) is 18.2 Å². The summed E-state index contributed by atoms with van der Waals surface area (Å²) in [6, 6.07) is 6.24. The first kappa shape index (κ1) is 19.5. The van der Waals surface area contributed by atoms with Crippen molar-refractivity contribution in [2.24, 2.45) is 5.41 Å². The molecule has 1 fully saturated rings. The van der Waals surface area contributed by atoms with Crippen molar-refractivity contribution in [1.29, 1.82) is 0 Å². The molecule has 0 radical (unpaired) electrons. The molecule has 4 N–H and O–H groups in total. The fourth-order valence-electron chi connectivity index (χ4n) is 3.26. The third-order valence-electron chi connectivity index (χ3n) is 4.96. The summed E-state index contributed by atoms with van der Waals surface area (Å²) >= 11 is 0. The molecule has 25 heavy (non-hydrogen) atoms. The molecule has 0 bridgehead atoms. The zero-order valence-corrected chi connectivity index (χ0v) is 15.5. The molecule has 0 aliphatic carbocycles. The Kier molecular flexibility index (Phi) is 6.67. The lowest BCUT2D eigenvalue weighted by atomic mass is 9.91. The van der Waals surface area contributed by atoms with Gasteiger partial charge >= 0.3 is 5.97 Å². The van der Waals surface area contributed by atoms with Crippen LogP contribution in [-0.4, -0.2) is 55.3 Å². The number of carboxylic acids is 1. The van der Waals surface area contributed by atoms with Crippen LogP contribution in [0.3, 0.4) is 0 Å². The number of nitrogens with one attached hydrogen (secondary N) is 1. The lowest BCUT2D eigenvalue weighted by molar-refractivity contribution is -0.148. The molecule has 1 aliphatic rings. The summed E-state index contributed by atoms with van der Waals surface area (Å²) in [4.78, 5) is 13.5. The highest BCUT2D eigenvalue weighted by Crippen LogP contribution is 2.21. The molecular formula is C19H31N3O3. The molecule has 1 saturated heterocycles. The van der Waals surface area contributed by atoms with Crippen molar-refractivity contribution in [3.05, 3.63) is 23.8 Å². The Balaban J connectivity index is 1.73. The van der Waals surface area contributed by atoms with Gasteiger partial charge in [-0.05, 0) is 76.5 Å². The highest BCUT2D eigenvalue weighted by Gasteiger charge is 2.31. The Bertz CT molecular complexity index is 581. The second kappa shape index (κ2) is 8.54. The molecule has 6 heteroatoms. The average Bonchev–Trinajstić information content (AvgIpc) is 2.57. The number of nitrogen functional groups attached to an aromatic ring is 1. The Hall–Kier alpha value is -1.79. The number of anilines is 1. The summed E-state index contributed by atoms with van der Waals surface area (Å²) in [6.45, 7) is 6.94. The second-order valence-electron chi connectivity index (χ2n) is 7.51. The van der Waals surface area contributed by atoms with Gasteiger partial charge in [0.15, 0.2) is 0 Å². The molecule has 1 heterocycles. The number of carboxylic acid groups (broad SMARTS) is 1. The number of methoxy groups -OCH3 is 1. The van der Waals surface area contributed by atoms with Crippen molar-refractivity contribution in [2.75, 3.05) is 39.0 Å². The predicted molar refractivity (Wildman–Crippen MR) is 100.0 cm³/mol. The maximum Gasteiger partial charge on any atom is 0.310 e. The second-order valence-corrected chi connectivity index (χ2v) is 7.51. The molecule has 140 valence electrons. The summed E-state index contributed by atoms with van der Waals surface area (Å²) in [7, 11) is 1.66. The molecule has 2 rings (SSSR count). The van der Waals surface area contributed by atoms with Crippen LogP contribution in [0.2, 0.25) is 0 Å². The molecule has 1 aliphatic heterocycles. The van der Waals surface area contributed by atoms with Gasteiger partial charge in [0.1, 0.15) is 5.75 Å². The van der Waals surface area contributed by atoms with Crippen LogP contribution in [0.1, 0.15) is 32.3 Å². The van der Waals surface area contributed by atoms with E-state index in [0.29, 0.717) is 12.6 Å². The summed E-state index contributed by atoms with van der Waals surface area (Å²) < 4.78 is 5.25. The quantitative estimate of drug-likeness (QED) is 0.622. The molecule has 0 aromatic heterocycles. The molecule has 0 amide bonds. The molecule has 6 nitrogen and oxygen atoms in total. The molecule has 0 saturated carbocycles. The minimum Gasteiger partial charge on any atom is -0.497 e. The first-order valence-electron chi connectivity index (χ1n) is 8.93. The Morgan fingerprint density at radius 2 is 2.08 bits per heavy atom. The van der Waals surface area contributed by atoms with E-state index in [0.717, 1.165) is 55.9 Å². The first-order chi connectivity index (χ1) is 11.8. The topological polar surface area (TPSA) is 87.8 Å². The van der Waals surface area contributed by atoms with Crippen LogP contribution in [0, 0.1) is 5.41 Å². The number of hydrogen-bond donors (Lipinski definition) is 3. The molecule has 1 aromatic rings. The van der Waals surface area contributed by atoms with E-state index >= 15 is 0 Å². The SMILES string of the molecule is COc1ccc(N)c(CCNC2CCN(CC(C)(C)C(=O)O)CC2)c1. The third kappa shape index (κ3) is 5.61. The van der Waals surface area contributed by atoms with Gasteiger partial charge in [0.2, 0.25) is 0 Å². The van der Waals surface area contributed by atoms with E-state index in [9.17, 15) is 9.90 Å². The highest BCUT2D eigenvalue weighted by atomic mass is 16.5. The molecular weight excluding hydrogens is 318 g/mol. The molecule has 1 aromatic carbocycles. The van der Waals surface area contributed by atoms with Crippen LogP contribution in [0.25, 0.3) is 0 Å². The van der Waals surface area contributed by atoms with E-state index in [1.165, 1.54) is 0 Å². The average molecular weight is 349 g/mol. The Labute approximate surface area is 150 Å². The van der Waals surface area contributed by atoms with Gasteiger partial charge < -0.3 is 25.8 Å². The number of nitrogens with zero attached hydrogens (tertiary/aromatic N) is 1. The standard InChI is InChI=1S/C19H31N3O3/c1-19(2,18(23)24)13-22-10-7-15(8-11-22)21-9-6-14-12-16(25-3)4-5-17(14)20/h4-5,12,15,21H,6-11,13,20H2,1-3H3,(H,23,24). The van der Waals surface area contributed by atoms with Gasteiger partial charge in [-0.3, -0.25) is 4.79 Å². The van der Waals surface area contributed by atoms with Crippen molar-refractivity contribution >= 4 is 11.7 Å². The van der Waals surface area contributed by atoms with Crippen LogP contribution >= 0.6 is 0 Å². The van der Waals surface area contributed by atoms with Crippen molar-refractivity contribution in [2.45, 2.75) is 39.2 Å². The van der Waals surface area contributed by atoms with Crippen LogP contribution in [0.4, 0.5) is 5.69 Å². The zero-order chi connectivity index (χ0) is 18.4. The van der Waals surface area contributed by atoms with Gasteiger partial charge in [-0.1, -0.05) is 0 Å². The number of piperidine rings is 1. The fraction of sp³-hybridized carbons (Fsp3) is 0.632. The van der Waals surface area contributed by atoms with Crippen molar-refractivity contribution < 1.29 is 14.6 Å². The Morgan fingerprint density at radius 3 is 2.68 bits per heavy atom. The van der Waals surface area contributed by atoms with Gasteiger partial charge in [-0.2, -0.15) is 0 Å². The summed E-state index contributed by atoms with van der Waals surface area (Å²) in [6.07, 6.45) is 2.96. The minimum atomic E-state index is -0.733. The van der Waals surface area contributed by atoms with Crippen molar-refractivity contribution in [3.8, 4) is 5.75 Å². The van der Waals surface area contributed by atoms with E-state index in [2.05, 4.69) is 10.2 Å². The Morgan fingerprint density at radius 1 is 1.40 bits per heavy atom. The van der Waals surface area contributed by atoms with Gasteiger partial charge in [0, 0.05) is 18.3 Å². The van der Waals surface area contributed by atoms with Gasteiger partial charge in [-0.15, -0.1) is 0 Å². The smallest absolute Gasteiger partial charge is 0.310 e. The first-order valence-corrected chi connectivity index (χ1v) is 8.93. The predicted octanol–water partition coefficient (Wildman–Crippen LogP) is 1.98. The number of benzene rings is 1. The number of ether oxygens (including phenoxy) is 1. The van der Waals surface area contributed by atoms with Crippen LogP contribution in [-0.2, 0) is 11.2 Å². The van der Waals surface area contributed by atoms with E-state index < -0.39 is 11.4 Å². The number of rotatable bonds is 8. The van der Waals surface area contributed by atoms with Crippen molar-refractivity contribution in [3.63, 3.8) is 0 Å². The summed E-state index contributed by atoms with van der Waals surface area (Å²) in [5.74, 6) is 0.0992. The summed E-state index contributed by atoms with van der Waals surface area (Å²) in [5, 5.41) is 12.9. The largest absolute Gasteiger partial charge is 0.497 e. The van der Waals surface area contributed by atoms with Crippen molar-refractivity contribution in [1.82, 2.24) is 10.2 Å². The van der Waals surface area contributed by atoms with Gasteiger partial charge in [-0.25, -0.2) is 0 Å². The molecule has 0 unspecified atom stereocenters. The molecule has 0 spiro atoms. The highest BCUT2D eigenvalue weighted by molar-refractivity contribution is 5.73. The van der Waals surface area contributed by atoms with Crippen LogP contribution in [0.5, 0.6) is 5.75 Å². The lowest BCUT2D eigenvalue weighted by Gasteiger charge is -2.36. The van der Waals surface area contributed by atoms with E-state index in [-0.39, 0.29) is 0 Å². The van der Waals surface area contributed by atoms with E-state index in [1.54, 1.807) is 21.0 Å². The minimum absolute atomic E-state index is 0.482. The van der Waals surface area contributed by atoms with Crippen LogP contribution in [0.15, 0.2) is 18.2 Å². The summed E-state index contributed by atoms with van der Waals surface area (Å²) in [5.41, 5.74) is 7.24. The van der Waals surface area contributed by atoms with Crippen LogP contribution < -0.4 is 15.8 Å². The number of likely N-dealkylation sites (tertiary alicyclic amines) is 1. The monoisotopic (exact) mass is 349 g/mol. The fourth-order valence-corrected chi connectivity index (χ4v) is 3.26. The maximum absolute atomic E-state index is 11.3. The van der Waals surface area contributed by atoms with Gasteiger partial charge in [0.05, 0.1) is 12.5 Å². The number of carbonyl (C=O) groups is 1. The lowest BCUT2D eigenvalue weighted by Crippen LogP contribution is -2.47. The normalized spacial score (nSPS) is 16.8. The molecule has 0 atom stereocenters.